The van der Waals surface area contributed by atoms with Gasteiger partial charge < -0.3 is 15.2 Å². The van der Waals surface area contributed by atoms with E-state index in [4.69, 9.17) is 11.6 Å². The average Bonchev–Trinajstić information content (AvgIpc) is 3.16. The Labute approximate surface area is 175 Å². The van der Waals surface area contributed by atoms with E-state index in [2.05, 4.69) is 38.2 Å². The predicted molar refractivity (Wildman–Crippen MR) is 114 cm³/mol. The van der Waals surface area contributed by atoms with E-state index in [9.17, 15) is 9.59 Å². The van der Waals surface area contributed by atoms with Gasteiger partial charge in [-0.1, -0.05) is 17.7 Å². The molecule has 6 nitrogen and oxygen atoms in total. The fourth-order valence-electron chi connectivity index (χ4n) is 2.40. The lowest BCUT2D eigenvalue weighted by Crippen LogP contribution is -2.16. The number of carbonyl (C=O) groups excluding carboxylic acids is 2. The van der Waals surface area contributed by atoms with Crippen LogP contribution in [0.1, 0.15) is 16.8 Å². The average molecular weight is 495 g/mol. The van der Waals surface area contributed by atoms with Gasteiger partial charge in [-0.2, -0.15) is 0 Å². The first-order valence-corrected chi connectivity index (χ1v) is 9.59. The molecule has 0 bridgehead atoms. The number of nitrogens with zero attached hydrogens (tertiary/aromatic N) is 2. The van der Waals surface area contributed by atoms with Crippen molar-refractivity contribution in [2.75, 3.05) is 10.6 Å². The number of halogens is 2. The summed E-state index contributed by atoms with van der Waals surface area (Å²) >= 11 is 8.31. The van der Waals surface area contributed by atoms with E-state index < -0.39 is 0 Å². The van der Waals surface area contributed by atoms with Gasteiger partial charge in [0, 0.05) is 40.2 Å². The summed E-state index contributed by atoms with van der Waals surface area (Å²) < 4.78 is 2.81. The van der Waals surface area contributed by atoms with E-state index in [0.717, 1.165) is 3.57 Å². The molecule has 1 aromatic heterocycles. The van der Waals surface area contributed by atoms with Crippen LogP contribution >= 0.6 is 34.2 Å². The van der Waals surface area contributed by atoms with E-state index >= 15 is 0 Å². The zero-order valence-corrected chi connectivity index (χ0v) is 17.1. The van der Waals surface area contributed by atoms with Crippen molar-refractivity contribution in [2.24, 2.45) is 0 Å². The summed E-state index contributed by atoms with van der Waals surface area (Å²) in [5, 5.41) is 6.05. The Bertz CT molecular complexity index is 960. The molecule has 0 atom stereocenters. The van der Waals surface area contributed by atoms with E-state index in [1.807, 2.05) is 10.6 Å². The topological polar surface area (TPSA) is 76.0 Å². The summed E-state index contributed by atoms with van der Waals surface area (Å²) in [6.45, 7) is 0.539. The van der Waals surface area contributed by atoms with Crippen molar-refractivity contribution < 1.29 is 9.59 Å². The fraction of sp³-hybridized carbons (Fsp3) is 0.105. The van der Waals surface area contributed by atoms with Crippen LogP contribution in [0.3, 0.4) is 0 Å². The lowest BCUT2D eigenvalue weighted by Gasteiger charge is -2.10. The normalized spacial score (nSPS) is 10.4. The molecule has 8 heteroatoms. The highest BCUT2D eigenvalue weighted by Crippen LogP contribution is 2.24. The number of hydrogen-bond acceptors (Lipinski definition) is 3. The Hall–Kier alpha value is -2.39. The van der Waals surface area contributed by atoms with Gasteiger partial charge in [-0.05, 0) is 59.0 Å². The highest BCUT2D eigenvalue weighted by atomic mass is 127. The summed E-state index contributed by atoms with van der Waals surface area (Å²) in [7, 11) is 0. The smallest absolute Gasteiger partial charge is 0.255 e. The number of carbonyl (C=O) groups is 2. The van der Waals surface area contributed by atoms with Gasteiger partial charge in [0.05, 0.1) is 17.0 Å². The van der Waals surface area contributed by atoms with Crippen LogP contribution in [0.4, 0.5) is 11.4 Å². The second kappa shape index (κ2) is 9.01. The zero-order valence-electron chi connectivity index (χ0n) is 14.2. The van der Waals surface area contributed by atoms with E-state index in [1.165, 1.54) is 0 Å². The standard InChI is InChI=1S/C19H16ClIN4O2/c20-16-11-14(21)4-5-17(16)24-19(27)13-2-1-3-15(10-13)23-18(26)6-8-25-9-7-22-12-25/h1-5,7,9-12H,6,8H2,(H,23,26)(H,24,27). The molecule has 27 heavy (non-hydrogen) atoms. The third kappa shape index (κ3) is 5.54. The highest BCUT2D eigenvalue weighted by Gasteiger charge is 2.10. The number of nitrogens with one attached hydrogen (secondary N) is 2. The third-order valence-electron chi connectivity index (χ3n) is 3.74. The van der Waals surface area contributed by atoms with Crippen LogP contribution in [0.5, 0.6) is 0 Å². The Morgan fingerprint density at radius 2 is 2.00 bits per heavy atom. The first-order valence-electron chi connectivity index (χ1n) is 8.13. The molecule has 0 spiro atoms. The number of amides is 2. The van der Waals surface area contributed by atoms with Crippen LogP contribution in [-0.4, -0.2) is 21.4 Å². The molecule has 3 aromatic rings. The Morgan fingerprint density at radius 3 is 2.74 bits per heavy atom. The van der Waals surface area contributed by atoms with Gasteiger partial charge in [-0.15, -0.1) is 0 Å². The summed E-state index contributed by atoms with van der Waals surface area (Å²) in [5.41, 5.74) is 1.53. The molecule has 138 valence electrons. The highest BCUT2D eigenvalue weighted by molar-refractivity contribution is 14.1. The third-order valence-corrected chi connectivity index (χ3v) is 4.73. The van der Waals surface area contributed by atoms with Crippen molar-refractivity contribution in [1.29, 1.82) is 0 Å². The molecule has 3 rings (SSSR count). The van der Waals surface area contributed by atoms with Crippen molar-refractivity contribution >= 4 is 57.4 Å². The molecular weight excluding hydrogens is 479 g/mol. The van der Waals surface area contributed by atoms with Gasteiger partial charge in [0.1, 0.15) is 0 Å². The first-order chi connectivity index (χ1) is 13.0. The molecule has 0 aliphatic heterocycles. The Morgan fingerprint density at radius 1 is 1.15 bits per heavy atom. The number of hydrogen-bond donors (Lipinski definition) is 2. The van der Waals surface area contributed by atoms with Gasteiger partial charge in [0.25, 0.3) is 5.91 Å². The van der Waals surface area contributed by atoms with Crippen LogP contribution < -0.4 is 10.6 Å². The minimum Gasteiger partial charge on any atom is -0.337 e. The zero-order chi connectivity index (χ0) is 19.2. The summed E-state index contributed by atoms with van der Waals surface area (Å²) in [6, 6.07) is 12.2. The molecule has 0 fully saturated rings. The van der Waals surface area contributed by atoms with Crippen LogP contribution in [-0.2, 0) is 11.3 Å². The lowest BCUT2D eigenvalue weighted by molar-refractivity contribution is -0.116. The summed E-state index contributed by atoms with van der Waals surface area (Å²) in [5.74, 6) is -0.436. The second-order valence-corrected chi connectivity index (χ2v) is 7.41. The number of rotatable bonds is 6. The van der Waals surface area contributed by atoms with E-state index in [1.54, 1.807) is 55.1 Å². The maximum absolute atomic E-state index is 12.5. The lowest BCUT2D eigenvalue weighted by atomic mass is 10.1. The second-order valence-electron chi connectivity index (χ2n) is 5.76. The molecule has 2 amide bonds. The number of imidazole rings is 1. The van der Waals surface area contributed by atoms with Crippen LogP contribution in [0, 0.1) is 3.57 Å². The monoisotopic (exact) mass is 494 g/mol. The SMILES string of the molecule is O=C(CCn1ccnc1)Nc1cccc(C(=O)Nc2ccc(I)cc2Cl)c1. The van der Waals surface area contributed by atoms with Crippen molar-refractivity contribution in [3.8, 4) is 0 Å². The molecule has 2 N–H and O–H groups in total. The van der Waals surface area contributed by atoms with Gasteiger partial charge in [0.2, 0.25) is 5.91 Å². The number of aromatic nitrogens is 2. The molecule has 0 radical (unpaired) electrons. The largest absolute Gasteiger partial charge is 0.337 e. The van der Waals surface area contributed by atoms with Crippen LogP contribution in [0.25, 0.3) is 0 Å². The minimum absolute atomic E-state index is 0.137. The number of anilines is 2. The molecule has 0 saturated heterocycles. The van der Waals surface area contributed by atoms with Crippen molar-refractivity contribution in [1.82, 2.24) is 9.55 Å². The quantitative estimate of drug-likeness (QED) is 0.498. The maximum atomic E-state index is 12.5. The summed E-state index contributed by atoms with van der Waals surface area (Å²) in [6.07, 6.45) is 5.44. The van der Waals surface area contributed by atoms with E-state index in [0.29, 0.717) is 34.9 Å². The predicted octanol–water partition coefficient (Wildman–Crippen LogP) is 4.42. The van der Waals surface area contributed by atoms with Gasteiger partial charge in [-0.3, -0.25) is 9.59 Å². The summed E-state index contributed by atoms with van der Waals surface area (Å²) in [4.78, 5) is 28.5. The van der Waals surface area contributed by atoms with E-state index in [-0.39, 0.29) is 11.8 Å². The van der Waals surface area contributed by atoms with Crippen molar-refractivity contribution in [3.63, 3.8) is 0 Å². The molecule has 2 aromatic carbocycles. The molecule has 1 heterocycles. The molecular formula is C19H16ClIN4O2. The minimum atomic E-state index is -0.298. The Kier molecular flexibility index (Phi) is 6.46. The number of benzene rings is 2. The van der Waals surface area contributed by atoms with Crippen LogP contribution in [0.15, 0.2) is 61.2 Å². The van der Waals surface area contributed by atoms with Crippen molar-refractivity contribution in [3.05, 3.63) is 75.3 Å². The number of aryl methyl sites for hydroxylation is 1. The molecule has 0 saturated carbocycles. The molecule has 0 aliphatic carbocycles. The molecule has 0 unspecified atom stereocenters. The molecule has 0 aliphatic rings. The van der Waals surface area contributed by atoms with Crippen molar-refractivity contribution in [2.45, 2.75) is 13.0 Å². The maximum Gasteiger partial charge on any atom is 0.255 e. The van der Waals surface area contributed by atoms with Crippen LogP contribution in [0.2, 0.25) is 5.02 Å². The van der Waals surface area contributed by atoms with Gasteiger partial charge >= 0.3 is 0 Å². The Balaban J connectivity index is 1.62. The van der Waals surface area contributed by atoms with Gasteiger partial charge in [-0.25, -0.2) is 4.98 Å². The van der Waals surface area contributed by atoms with Gasteiger partial charge in [0.15, 0.2) is 0 Å². The first kappa shape index (κ1) is 19.4. The fourth-order valence-corrected chi connectivity index (χ4v) is 3.30.